The highest BCUT2D eigenvalue weighted by Gasteiger charge is 2.44. The lowest BCUT2D eigenvalue weighted by Crippen LogP contribution is -2.51. The van der Waals surface area contributed by atoms with Crippen LogP contribution in [-0.4, -0.2) is 56.2 Å². The van der Waals surface area contributed by atoms with Gasteiger partial charge in [0.05, 0.1) is 28.4 Å². The van der Waals surface area contributed by atoms with Gasteiger partial charge in [0.25, 0.3) is 0 Å². The van der Waals surface area contributed by atoms with Gasteiger partial charge in [-0.2, -0.15) is 0 Å². The number of methoxy groups -OCH3 is 4. The second-order valence-electron chi connectivity index (χ2n) is 7.56. The number of aromatic amines is 1. The van der Waals surface area contributed by atoms with Crippen molar-refractivity contribution in [3.05, 3.63) is 53.2 Å². The van der Waals surface area contributed by atoms with Crippen LogP contribution in [0, 0.1) is 0 Å². The average Bonchev–Trinajstić information content (AvgIpc) is 3.19. The first kappa shape index (κ1) is 21.5. The van der Waals surface area contributed by atoms with Gasteiger partial charge in [-0.15, -0.1) is 0 Å². The lowest BCUT2D eigenvalue weighted by atomic mass is 9.87. The summed E-state index contributed by atoms with van der Waals surface area (Å²) in [5.74, 6) is 0.610. The molecule has 0 spiro atoms. The second-order valence-corrected chi connectivity index (χ2v) is 7.56. The minimum Gasteiger partial charge on any atom is -0.493 e. The number of hydrogen-bond acceptors (Lipinski definition) is 6. The summed E-state index contributed by atoms with van der Waals surface area (Å²) in [4.78, 5) is 30.7. The molecule has 0 bridgehead atoms. The summed E-state index contributed by atoms with van der Waals surface area (Å²) in [5, 5.41) is 1.00. The van der Waals surface area contributed by atoms with E-state index in [1.165, 1.54) is 28.3 Å². The highest BCUT2D eigenvalue weighted by atomic mass is 16.5. The number of benzene rings is 2. The molecule has 8 nitrogen and oxygen atoms in total. The number of esters is 1. The van der Waals surface area contributed by atoms with E-state index in [1.807, 2.05) is 30.3 Å². The Kier molecular flexibility index (Phi) is 5.69. The summed E-state index contributed by atoms with van der Waals surface area (Å²) in [7, 11) is 5.94. The Labute approximate surface area is 186 Å². The van der Waals surface area contributed by atoms with Crippen LogP contribution in [0.4, 0.5) is 0 Å². The van der Waals surface area contributed by atoms with E-state index >= 15 is 0 Å². The van der Waals surface area contributed by atoms with Crippen molar-refractivity contribution in [2.24, 2.45) is 0 Å². The van der Waals surface area contributed by atoms with E-state index in [0.29, 0.717) is 29.2 Å². The first-order valence-corrected chi connectivity index (χ1v) is 10.2. The summed E-state index contributed by atoms with van der Waals surface area (Å²) < 4.78 is 21.8. The zero-order valence-electron chi connectivity index (χ0n) is 18.7. The van der Waals surface area contributed by atoms with Gasteiger partial charge in [0.15, 0.2) is 11.5 Å². The van der Waals surface area contributed by atoms with Crippen molar-refractivity contribution >= 4 is 22.8 Å². The minimum atomic E-state index is -0.785. The van der Waals surface area contributed by atoms with Crippen LogP contribution in [0.2, 0.25) is 0 Å². The third-order valence-electron chi connectivity index (χ3n) is 6.00. The van der Waals surface area contributed by atoms with Crippen LogP contribution in [-0.2, 0) is 20.7 Å². The van der Waals surface area contributed by atoms with Crippen molar-refractivity contribution in [2.75, 3.05) is 28.4 Å². The number of carbonyl (C=O) groups excluding carboxylic acids is 2. The number of nitrogens with one attached hydrogen (secondary N) is 1. The lowest BCUT2D eigenvalue weighted by Gasteiger charge is -2.40. The molecule has 0 fully saturated rings. The number of carbonyl (C=O) groups is 2. The fourth-order valence-electron chi connectivity index (χ4n) is 4.66. The Morgan fingerprint density at radius 1 is 0.969 bits per heavy atom. The topological polar surface area (TPSA) is 90.1 Å². The molecule has 2 aromatic carbocycles. The molecule has 32 heavy (non-hydrogen) atoms. The molecule has 1 aliphatic heterocycles. The van der Waals surface area contributed by atoms with Gasteiger partial charge in [0, 0.05) is 35.5 Å². The molecule has 0 aliphatic carbocycles. The molecule has 1 aromatic heterocycles. The van der Waals surface area contributed by atoms with Crippen molar-refractivity contribution in [1.82, 2.24) is 9.88 Å². The van der Waals surface area contributed by atoms with Crippen LogP contribution >= 0.6 is 0 Å². The molecule has 1 amide bonds. The molecule has 4 rings (SSSR count). The summed E-state index contributed by atoms with van der Waals surface area (Å²) in [6.07, 6.45) is 0.345. The van der Waals surface area contributed by atoms with Gasteiger partial charge >= 0.3 is 5.97 Å². The fourth-order valence-corrected chi connectivity index (χ4v) is 4.66. The molecule has 2 heterocycles. The van der Waals surface area contributed by atoms with Crippen molar-refractivity contribution in [3.8, 4) is 17.2 Å². The monoisotopic (exact) mass is 438 g/mol. The van der Waals surface area contributed by atoms with E-state index in [2.05, 4.69) is 4.98 Å². The maximum Gasteiger partial charge on any atom is 0.328 e. The van der Waals surface area contributed by atoms with Crippen LogP contribution in [0.15, 0.2) is 36.4 Å². The molecular weight excluding hydrogens is 412 g/mol. The largest absolute Gasteiger partial charge is 0.493 e. The first-order chi connectivity index (χ1) is 15.5. The zero-order valence-corrected chi connectivity index (χ0v) is 18.7. The second kappa shape index (κ2) is 8.45. The normalized spacial score (nSPS) is 17.6. The Hall–Kier alpha value is -3.68. The average molecular weight is 438 g/mol. The van der Waals surface area contributed by atoms with Crippen molar-refractivity contribution in [2.45, 2.75) is 25.4 Å². The number of aromatic nitrogens is 1. The first-order valence-electron chi connectivity index (χ1n) is 10.2. The summed E-state index contributed by atoms with van der Waals surface area (Å²) >= 11 is 0. The molecule has 8 heteroatoms. The fraction of sp³-hybridized carbons (Fsp3) is 0.333. The zero-order chi connectivity index (χ0) is 23.0. The number of amides is 1. The van der Waals surface area contributed by atoms with Crippen LogP contribution in [0.25, 0.3) is 10.9 Å². The molecule has 1 unspecified atom stereocenters. The van der Waals surface area contributed by atoms with Gasteiger partial charge in [0.2, 0.25) is 11.7 Å². The van der Waals surface area contributed by atoms with Crippen molar-refractivity contribution in [3.63, 3.8) is 0 Å². The predicted octanol–water partition coefficient (Wildman–Crippen LogP) is 3.23. The van der Waals surface area contributed by atoms with E-state index in [4.69, 9.17) is 18.9 Å². The summed E-state index contributed by atoms with van der Waals surface area (Å²) in [5.41, 5.74) is 3.39. The summed E-state index contributed by atoms with van der Waals surface area (Å²) in [6, 6.07) is 10.1. The molecule has 0 radical (unpaired) electrons. The summed E-state index contributed by atoms with van der Waals surface area (Å²) in [6.45, 7) is 1.45. The van der Waals surface area contributed by atoms with Crippen LogP contribution in [0.5, 0.6) is 17.2 Å². The molecule has 0 saturated heterocycles. The van der Waals surface area contributed by atoms with E-state index < -0.39 is 18.1 Å². The van der Waals surface area contributed by atoms with Gasteiger partial charge in [-0.1, -0.05) is 18.2 Å². The van der Waals surface area contributed by atoms with Gasteiger partial charge in [0.1, 0.15) is 12.1 Å². The van der Waals surface area contributed by atoms with E-state index in [0.717, 1.165) is 22.2 Å². The smallest absolute Gasteiger partial charge is 0.328 e. The number of fused-ring (bicyclic) bond motifs is 3. The van der Waals surface area contributed by atoms with Gasteiger partial charge in [-0.05, 0) is 23.8 Å². The molecule has 1 N–H and O–H groups in total. The number of H-pyrrole nitrogens is 1. The van der Waals surface area contributed by atoms with Crippen LogP contribution in [0.1, 0.15) is 29.8 Å². The Bertz CT molecular complexity index is 1180. The van der Waals surface area contributed by atoms with Crippen LogP contribution in [0.3, 0.4) is 0 Å². The highest BCUT2D eigenvalue weighted by molar-refractivity contribution is 5.90. The van der Waals surface area contributed by atoms with E-state index in [1.54, 1.807) is 18.1 Å². The van der Waals surface area contributed by atoms with Gasteiger partial charge in [-0.25, -0.2) is 4.79 Å². The third kappa shape index (κ3) is 3.23. The third-order valence-corrected chi connectivity index (χ3v) is 6.00. The van der Waals surface area contributed by atoms with Gasteiger partial charge in [-0.3, -0.25) is 4.79 Å². The molecule has 168 valence electrons. The van der Waals surface area contributed by atoms with Gasteiger partial charge < -0.3 is 28.8 Å². The quantitative estimate of drug-likeness (QED) is 0.615. The molecule has 3 aromatic rings. The predicted molar refractivity (Wildman–Crippen MR) is 118 cm³/mol. The minimum absolute atomic E-state index is 0.258. The maximum atomic E-state index is 12.9. The maximum absolute atomic E-state index is 12.9. The van der Waals surface area contributed by atoms with E-state index in [9.17, 15) is 9.59 Å². The number of nitrogens with zero attached hydrogens (tertiary/aromatic N) is 1. The lowest BCUT2D eigenvalue weighted by molar-refractivity contribution is -0.154. The van der Waals surface area contributed by atoms with Crippen LogP contribution < -0.4 is 14.2 Å². The highest BCUT2D eigenvalue weighted by Crippen LogP contribution is 2.48. The Morgan fingerprint density at radius 3 is 2.31 bits per heavy atom. The molecule has 0 saturated carbocycles. The molecule has 1 aliphatic rings. The number of para-hydroxylation sites is 1. The van der Waals surface area contributed by atoms with Crippen molar-refractivity contribution < 1.29 is 28.5 Å². The SMILES string of the molecule is COC(=O)[C@@H]1Cc2c([nH]c3ccccc23)C(c2ccc(OC)c(OC)c2OC)N1C(C)=O. The Balaban J connectivity index is 2.04. The Morgan fingerprint density at radius 2 is 1.69 bits per heavy atom. The standard InChI is InChI=1S/C24H26N2O6/c1-13(27)26-18(24(28)32-5)12-16-14-8-6-7-9-17(14)25-20(16)21(26)15-10-11-19(29-2)23(31-4)22(15)30-3/h6-11,18,21,25H,12H2,1-5H3/t18-,21?/m0/s1. The van der Waals surface area contributed by atoms with Crippen molar-refractivity contribution in [1.29, 1.82) is 0 Å². The molecule has 2 atom stereocenters. The molecular formula is C24H26N2O6. The number of rotatable bonds is 5. The number of hydrogen-bond donors (Lipinski definition) is 1. The van der Waals surface area contributed by atoms with E-state index in [-0.39, 0.29) is 5.91 Å². The number of ether oxygens (including phenoxy) is 4.